The van der Waals surface area contributed by atoms with Crippen LogP contribution in [0.3, 0.4) is 0 Å². The van der Waals surface area contributed by atoms with E-state index >= 15 is 0 Å². The smallest absolute Gasteiger partial charge is 0.287 e. The molecule has 0 unspecified atom stereocenters. The van der Waals surface area contributed by atoms with E-state index in [1.807, 2.05) is 30.0 Å². The van der Waals surface area contributed by atoms with Gasteiger partial charge in [0.2, 0.25) is 5.91 Å². The maximum atomic E-state index is 12.3. The van der Waals surface area contributed by atoms with Crippen LogP contribution in [0.25, 0.3) is 0 Å². The van der Waals surface area contributed by atoms with Crippen molar-refractivity contribution in [2.45, 2.75) is 31.3 Å². The van der Waals surface area contributed by atoms with Crippen LogP contribution in [0.5, 0.6) is 0 Å². The van der Waals surface area contributed by atoms with E-state index in [9.17, 15) is 9.59 Å². The Bertz CT molecular complexity index is 1110. The van der Waals surface area contributed by atoms with Gasteiger partial charge in [-0.3, -0.25) is 14.6 Å². The van der Waals surface area contributed by atoms with Crippen LogP contribution in [0.2, 0.25) is 0 Å². The van der Waals surface area contributed by atoms with Gasteiger partial charge in [-0.1, -0.05) is 17.8 Å². The molecule has 0 aromatic carbocycles. The summed E-state index contributed by atoms with van der Waals surface area (Å²) in [5.41, 5.74) is 1.80. The maximum absolute atomic E-state index is 12.3. The predicted molar refractivity (Wildman–Crippen MR) is 125 cm³/mol. The number of aromatic nitrogens is 3. The summed E-state index contributed by atoms with van der Waals surface area (Å²) >= 11 is 1.46. The number of hydrogen-bond donors (Lipinski definition) is 1. The van der Waals surface area contributed by atoms with Gasteiger partial charge in [0.15, 0.2) is 10.9 Å². The highest BCUT2D eigenvalue weighted by Crippen LogP contribution is 2.24. The molecule has 1 aliphatic rings. The van der Waals surface area contributed by atoms with Crippen molar-refractivity contribution in [3.05, 3.63) is 65.5 Å². The molecule has 0 atom stereocenters. The number of piperazine rings is 1. The fourth-order valence-corrected chi connectivity index (χ4v) is 4.28. The van der Waals surface area contributed by atoms with Crippen LogP contribution >= 0.6 is 11.8 Å². The van der Waals surface area contributed by atoms with Gasteiger partial charge < -0.3 is 19.5 Å². The first-order valence-corrected chi connectivity index (χ1v) is 11.7. The van der Waals surface area contributed by atoms with E-state index in [2.05, 4.69) is 20.2 Å². The number of amides is 2. The molecule has 0 radical (unpaired) electrons. The molecule has 172 valence electrons. The minimum atomic E-state index is -0.270. The number of furan rings is 1. The van der Waals surface area contributed by atoms with Crippen molar-refractivity contribution in [2.75, 3.05) is 31.1 Å². The minimum Gasteiger partial charge on any atom is -0.455 e. The van der Waals surface area contributed by atoms with Crippen molar-refractivity contribution in [1.82, 2.24) is 25.2 Å². The summed E-state index contributed by atoms with van der Waals surface area (Å²) in [6.45, 7) is 6.81. The van der Waals surface area contributed by atoms with Crippen LogP contribution in [0.15, 0.2) is 52.3 Å². The van der Waals surface area contributed by atoms with Gasteiger partial charge in [-0.2, -0.15) is 0 Å². The number of pyridine rings is 1. The first kappa shape index (κ1) is 22.8. The van der Waals surface area contributed by atoms with Gasteiger partial charge >= 0.3 is 0 Å². The molecule has 0 saturated carbocycles. The van der Waals surface area contributed by atoms with Crippen molar-refractivity contribution in [1.29, 1.82) is 0 Å². The lowest BCUT2D eigenvalue weighted by Crippen LogP contribution is -2.48. The van der Waals surface area contributed by atoms with Gasteiger partial charge in [0.1, 0.15) is 11.6 Å². The summed E-state index contributed by atoms with van der Waals surface area (Å²) in [7, 11) is 0. The highest BCUT2D eigenvalue weighted by Gasteiger charge is 2.20. The first-order valence-electron chi connectivity index (χ1n) is 10.7. The fraction of sp³-hybridized carbons (Fsp3) is 0.348. The Balaban J connectivity index is 1.32. The van der Waals surface area contributed by atoms with E-state index in [0.29, 0.717) is 36.3 Å². The van der Waals surface area contributed by atoms with Crippen LogP contribution < -0.4 is 10.2 Å². The van der Waals surface area contributed by atoms with Crippen molar-refractivity contribution in [3.63, 3.8) is 0 Å². The Morgan fingerprint density at radius 1 is 1.15 bits per heavy atom. The number of aryl methyl sites for hydroxylation is 1. The number of nitrogens with zero attached hydrogens (tertiary/aromatic N) is 5. The molecule has 10 heteroatoms. The zero-order chi connectivity index (χ0) is 23.2. The van der Waals surface area contributed by atoms with Crippen molar-refractivity contribution in [3.8, 4) is 0 Å². The Morgan fingerprint density at radius 2 is 1.97 bits per heavy atom. The molecule has 9 nitrogen and oxygen atoms in total. The molecular weight excluding hydrogens is 440 g/mol. The van der Waals surface area contributed by atoms with Gasteiger partial charge in [0, 0.05) is 63.8 Å². The van der Waals surface area contributed by atoms with Crippen LogP contribution in [0.1, 0.15) is 34.5 Å². The van der Waals surface area contributed by atoms with Crippen LogP contribution in [-0.2, 0) is 17.1 Å². The van der Waals surface area contributed by atoms with Crippen molar-refractivity contribution >= 4 is 29.4 Å². The fourth-order valence-electron chi connectivity index (χ4n) is 3.49. The lowest BCUT2D eigenvalue weighted by atomic mass is 10.3. The second-order valence-corrected chi connectivity index (χ2v) is 8.68. The lowest BCUT2D eigenvalue weighted by molar-refractivity contribution is -0.129. The number of carbonyl (C=O) groups excluding carboxylic acids is 2. The zero-order valence-electron chi connectivity index (χ0n) is 18.7. The third-order valence-corrected chi connectivity index (χ3v) is 6.14. The summed E-state index contributed by atoms with van der Waals surface area (Å²) in [5, 5.41) is 3.48. The SMILES string of the molecule is CC(=O)N1CCN(c2cc(C)nc(SCc3ccc(C(=O)NCc4cccnc4)o3)n2)CC1. The average Bonchev–Trinajstić information content (AvgIpc) is 3.31. The van der Waals surface area contributed by atoms with E-state index < -0.39 is 0 Å². The molecule has 0 bridgehead atoms. The second-order valence-electron chi connectivity index (χ2n) is 7.74. The number of carbonyl (C=O) groups is 2. The molecule has 33 heavy (non-hydrogen) atoms. The Morgan fingerprint density at radius 3 is 2.70 bits per heavy atom. The second kappa shape index (κ2) is 10.5. The van der Waals surface area contributed by atoms with E-state index in [0.717, 1.165) is 30.2 Å². The average molecular weight is 467 g/mol. The largest absolute Gasteiger partial charge is 0.455 e. The zero-order valence-corrected chi connectivity index (χ0v) is 19.5. The molecule has 1 N–H and O–H groups in total. The molecule has 2 amide bonds. The third-order valence-electron chi connectivity index (χ3n) is 5.27. The summed E-state index contributed by atoms with van der Waals surface area (Å²) in [4.78, 5) is 41.2. The van der Waals surface area contributed by atoms with Gasteiger partial charge in [-0.15, -0.1) is 0 Å². The Kier molecular flexibility index (Phi) is 7.23. The highest BCUT2D eigenvalue weighted by molar-refractivity contribution is 7.98. The van der Waals surface area contributed by atoms with Crippen LogP contribution in [0.4, 0.5) is 5.82 Å². The van der Waals surface area contributed by atoms with E-state index in [1.54, 1.807) is 31.5 Å². The molecular formula is C23H26N6O3S. The normalized spacial score (nSPS) is 13.8. The van der Waals surface area contributed by atoms with Gasteiger partial charge in [0.05, 0.1) is 5.75 Å². The Labute approximate surface area is 196 Å². The van der Waals surface area contributed by atoms with Crippen molar-refractivity contribution < 1.29 is 14.0 Å². The van der Waals surface area contributed by atoms with Crippen molar-refractivity contribution in [2.24, 2.45) is 0 Å². The van der Waals surface area contributed by atoms with Gasteiger partial charge in [0.25, 0.3) is 5.91 Å². The number of anilines is 1. The number of hydrogen-bond acceptors (Lipinski definition) is 8. The molecule has 1 fully saturated rings. The van der Waals surface area contributed by atoms with Crippen LogP contribution in [-0.4, -0.2) is 57.8 Å². The summed E-state index contributed by atoms with van der Waals surface area (Å²) in [6.07, 6.45) is 3.40. The molecule has 1 aliphatic heterocycles. The topological polar surface area (TPSA) is 104 Å². The summed E-state index contributed by atoms with van der Waals surface area (Å²) in [6, 6.07) is 9.16. The van der Waals surface area contributed by atoms with Gasteiger partial charge in [-0.25, -0.2) is 9.97 Å². The molecule has 1 saturated heterocycles. The van der Waals surface area contributed by atoms with E-state index in [4.69, 9.17) is 9.40 Å². The molecule has 3 aromatic rings. The molecule has 4 rings (SSSR count). The summed E-state index contributed by atoms with van der Waals surface area (Å²) in [5.74, 6) is 2.15. The first-order chi connectivity index (χ1) is 16.0. The number of thioether (sulfide) groups is 1. The van der Waals surface area contributed by atoms with Gasteiger partial charge in [-0.05, 0) is 30.7 Å². The summed E-state index contributed by atoms with van der Waals surface area (Å²) < 4.78 is 5.71. The molecule has 3 aromatic heterocycles. The number of nitrogens with one attached hydrogen (secondary N) is 1. The van der Waals surface area contributed by atoms with E-state index in [-0.39, 0.29) is 17.6 Å². The molecule has 0 spiro atoms. The Hall–Kier alpha value is -3.40. The third kappa shape index (κ3) is 6.10. The monoisotopic (exact) mass is 466 g/mol. The quantitative estimate of drug-likeness (QED) is 0.419. The lowest BCUT2D eigenvalue weighted by Gasteiger charge is -2.35. The standard InChI is InChI=1S/C23H26N6O3S/c1-16-12-21(29-10-8-28(9-11-29)17(2)30)27-23(26-16)33-15-19-5-6-20(32-19)22(31)25-14-18-4-3-7-24-13-18/h3-7,12-13H,8-11,14-15H2,1-2H3,(H,25,31). The molecule has 4 heterocycles. The minimum absolute atomic E-state index is 0.105. The predicted octanol–water partition coefficient (Wildman–Crippen LogP) is 2.66. The number of rotatable bonds is 7. The van der Waals surface area contributed by atoms with E-state index in [1.165, 1.54) is 11.8 Å². The molecule has 0 aliphatic carbocycles. The van der Waals surface area contributed by atoms with Crippen LogP contribution in [0, 0.1) is 6.92 Å². The maximum Gasteiger partial charge on any atom is 0.287 e. The highest BCUT2D eigenvalue weighted by atomic mass is 32.2.